The summed E-state index contributed by atoms with van der Waals surface area (Å²) in [5, 5.41) is 0.433. The Morgan fingerprint density at radius 2 is 1.96 bits per heavy atom. The van der Waals surface area contributed by atoms with Crippen LogP contribution in [0.5, 0.6) is 5.75 Å². The number of carbonyl (C=O) groups excluding carboxylic acids is 1. The van der Waals surface area contributed by atoms with Crippen LogP contribution >= 0.6 is 11.3 Å². The van der Waals surface area contributed by atoms with Gasteiger partial charge in [0.15, 0.2) is 0 Å². The molecule has 0 saturated heterocycles. The van der Waals surface area contributed by atoms with Crippen LogP contribution in [0.1, 0.15) is 46.9 Å². The summed E-state index contributed by atoms with van der Waals surface area (Å²) in [6.07, 6.45) is 4.56. The number of fused-ring (bicyclic) bond motifs is 1. The van der Waals surface area contributed by atoms with Crippen molar-refractivity contribution < 1.29 is 14.3 Å². The summed E-state index contributed by atoms with van der Waals surface area (Å²) in [4.78, 5) is 32.7. The molecule has 7 heteroatoms. The summed E-state index contributed by atoms with van der Waals surface area (Å²) >= 11 is 1.18. The summed E-state index contributed by atoms with van der Waals surface area (Å²) in [6, 6.07) is 7.68. The van der Waals surface area contributed by atoms with E-state index in [9.17, 15) is 9.59 Å². The SMILES string of the molecule is CCCOc1ccc(C=Cc2nc3sc(C(=O)OCC)c(C)c3c(=O)[nH]2)cc1. The van der Waals surface area contributed by atoms with E-state index in [4.69, 9.17) is 9.47 Å². The summed E-state index contributed by atoms with van der Waals surface area (Å²) in [7, 11) is 0. The van der Waals surface area contributed by atoms with Crippen molar-refractivity contribution in [2.45, 2.75) is 27.2 Å². The molecule has 1 N–H and O–H groups in total. The molecule has 0 saturated carbocycles. The van der Waals surface area contributed by atoms with Gasteiger partial charge in [0.25, 0.3) is 5.56 Å². The van der Waals surface area contributed by atoms with E-state index < -0.39 is 5.97 Å². The number of nitrogens with one attached hydrogen (secondary N) is 1. The van der Waals surface area contributed by atoms with Crippen molar-refractivity contribution in [2.24, 2.45) is 0 Å². The zero-order valence-electron chi connectivity index (χ0n) is 16.1. The fourth-order valence-electron chi connectivity index (χ4n) is 2.70. The lowest BCUT2D eigenvalue weighted by Gasteiger charge is -2.04. The number of esters is 1. The third-order valence-corrected chi connectivity index (χ3v) is 5.23. The van der Waals surface area contributed by atoms with Gasteiger partial charge in [0.2, 0.25) is 0 Å². The zero-order valence-corrected chi connectivity index (χ0v) is 16.9. The van der Waals surface area contributed by atoms with E-state index in [1.165, 1.54) is 11.3 Å². The molecule has 0 aliphatic carbocycles. The predicted octanol–water partition coefficient (Wildman–Crippen LogP) is 4.43. The fourth-order valence-corrected chi connectivity index (χ4v) is 3.78. The van der Waals surface area contributed by atoms with Gasteiger partial charge in [-0.25, -0.2) is 9.78 Å². The van der Waals surface area contributed by atoms with Crippen molar-refractivity contribution in [1.29, 1.82) is 0 Å². The van der Waals surface area contributed by atoms with Gasteiger partial charge in [-0.2, -0.15) is 0 Å². The van der Waals surface area contributed by atoms with E-state index in [0.717, 1.165) is 17.7 Å². The highest BCUT2D eigenvalue weighted by Crippen LogP contribution is 2.27. The number of aryl methyl sites for hydroxylation is 1. The third kappa shape index (κ3) is 4.31. The number of hydrogen-bond acceptors (Lipinski definition) is 6. The number of thiophene rings is 1. The van der Waals surface area contributed by atoms with Crippen molar-refractivity contribution >= 4 is 39.7 Å². The van der Waals surface area contributed by atoms with Crippen molar-refractivity contribution in [3.8, 4) is 5.75 Å². The second kappa shape index (κ2) is 8.84. The summed E-state index contributed by atoms with van der Waals surface area (Å²) in [5.74, 6) is 0.831. The van der Waals surface area contributed by atoms with Crippen LogP contribution in [0.3, 0.4) is 0 Å². The Labute approximate surface area is 166 Å². The first kappa shape index (κ1) is 19.8. The average molecular weight is 398 g/mol. The van der Waals surface area contributed by atoms with E-state index in [1.54, 1.807) is 19.9 Å². The molecule has 0 atom stereocenters. The summed E-state index contributed by atoms with van der Waals surface area (Å²) < 4.78 is 10.6. The first-order chi connectivity index (χ1) is 13.5. The third-order valence-electron chi connectivity index (χ3n) is 4.07. The summed E-state index contributed by atoms with van der Waals surface area (Å²) in [5.41, 5.74) is 1.30. The Morgan fingerprint density at radius 1 is 1.21 bits per heavy atom. The van der Waals surface area contributed by atoms with Crippen LogP contribution in [0, 0.1) is 6.92 Å². The molecule has 6 nitrogen and oxygen atoms in total. The maximum atomic E-state index is 12.5. The molecular weight excluding hydrogens is 376 g/mol. The Bertz CT molecular complexity index is 1060. The second-order valence-electron chi connectivity index (χ2n) is 6.16. The lowest BCUT2D eigenvalue weighted by Crippen LogP contribution is -2.10. The molecule has 0 unspecified atom stereocenters. The van der Waals surface area contributed by atoms with Gasteiger partial charge < -0.3 is 14.5 Å². The molecule has 2 heterocycles. The number of ether oxygens (including phenoxy) is 2. The van der Waals surface area contributed by atoms with E-state index in [2.05, 4.69) is 16.9 Å². The molecular formula is C21H22N2O4S. The molecule has 0 aliphatic rings. The van der Waals surface area contributed by atoms with Crippen molar-refractivity contribution in [2.75, 3.05) is 13.2 Å². The maximum absolute atomic E-state index is 12.5. The standard InChI is InChI=1S/C21H22N2O4S/c1-4-12-27-15-9-6-14(7-10-15)8-11-16-22-19(24)17-13(3)18(21(25)26-5-2)28-20(17)23-16/h6-11H,4-5,12H2,1-3H3,(H,22,23,24). The Morgan fingerprint density at radius 3 is 2.64 bits per heavy atom. The molecule has 0 bridgehead atoms. The predicted molar refractivity (Wildman–Crippen MR) is 112 cm³/mol. The van der Waals surface area contributed by atoms with Crippen LogP contribution in [0.4, 0.5) is 0 Å². The first-order valence-corrected chi connectivity index (χ1v) is 9.96. The van der Waals surface area contributed by atoms with Crippen molar-refractivity contribution in [1.82, 2.24) is 9.97 Å². The first-order valence-electron chi connectivity index (χ1n) is 9.15. The lowest BCUT2D eigenvalue weighted by atomic mass is 10.2. The molecule has 3 rings (SSSR count). The number of rotatable bonds is 7. The van der Waals surface area contributed by atoms with Gasteiger partial charge in [-0.1, -0.05) is 25.1 Å². The molecule has 1 aromatic carbocycles. The topological polar surface area (TPSA) is 81.3 Å². The minimum Gasteiger partial charge on any atom is -0.494 e. The highest BCUT2D eigenvalue weighted by atomic mass is 32.1. The van der Waals surface area contributed by atoms with Crippen molar-refractivity contribution in [3.05, 3.63) is 56.4 Å². The van der Waals surface area contributed by atoms with Crippen LogP contribution < -0.4 is 10.3 Å². The highest BCUT2D eigenvalue weighted by molar-refractivity contribution is 7.20. The number of H-pyrrole nitrogens is 1. The number of carbonyl (C=O) groups is 1. The van der Waals surface area contributed by atoms with Gasteiger partial charge in [-0.05, 0) is 49.6 Å². The van der Waals surface area contributed by atoms with Crippen molar-refractivity contribution in [3.63, 3.8) is 0 Å². The molecule has 0 fully saturated rings. The number of aromatic amines is 1. The fraction of sp³-hybridized carbons (Fsp3) is 0.286. The smallest absolute Gasteiger partial charge is 0.348 e. The van der Waals surface area contributed by atoms with Gasteiger partial charge in [0.1, 0.15) is 21.3 Å². The quantitative estimate of drug-likeness (QED) is 0.596. The van der Waals surface area contributed by atoms with Gasteiger partial charge >= 0.3 is 5.97 Å². The number of nitrogens with zero attached hydrogens (tertiary/aromatic N) is 1. The highest BCUT2D eigenvalue weighted by Gasteiger charge is 2.19. The van der Waals surface area contributed by atoms with Crippen LogP contribution in [0.2, 0.25) is 0 Å². The van der Waals surface area contributed by atoms with E-state index in [1.807, 2.05) is 30.3 Å². The molecule has 0 radical (unpaired) electrons. The normalized spacial score (nSPS) is 11.2. The number of benzene rings is 1. The van der Waals surface area contributed by atoms with Crippen LogP contribution in [-0.4, -0.2) is 29.2 Å². The molecule has 0 spiro atoms. The molecule has 146 valence electrons. The molecule has 3 aromatic rings. The zero-order chi connectivity index (χ0) is 20.1. The van der Waals surface area contributed by atoms with Crippen LogP contribution in [-0.2, 0) is 4.74 Å². The Kier molecular flexibility index (Phi) is 6.26. The lowest BCUT2D eigenvalue weighted by molar-refractivity contribution is 0.0531. The molecule has 0 aliphatic heterocycles. The average Bonchev–Trinajstić information content (AvgIpc) is 3.03. The van der Waals surface area contributed by atoms with E-state index >= 15 is 0 Å². The largest absolute Gasteiger partial charge is 0.494 e. The molecule has 2 aromatic heterocycles. The van der Waals surface area contributed by atoms with Crippen LogP contribution in [0.15, 0.2) is 29.1 Å². The van der Waals surface area contributed by atoms with Gasteiger partial charge in [0.05, 0.1) is 18.6 Å². The Balaban J connectivity index is 1.86. The number of hydrogen-bond donors (Lipinski definition) is 1. The Hall–Kier alpha value is -2.93. The second-order valence-corrected chi connectivity index (χ2v) is 7.16. The van der Waals surface area contributed by atoms with E-state index in [0.29, 0.717) is 33.1 Å². The number of aromatic nitrogens is 2. The summed E-state index contributed by atoms with van der Waals surface area (Å²) in [6.45, 7) is 6.52. The van der Waals surface area contributed by atoms with Gasteiger partial charge in [0, 0.05) is 0 Å². The molecule has 28 heavy (non-hydrogen) atoms. The minimum absolute atomic E-state index is 0.266. The van der Waals surface area contributed by atoms with E-state index in [-0.39, 0.29) is 12.2 Å². The van der Waals surface area contributed by atoms with Crippen LogP contribution in [0.25, 0.3) is 22.4 Å². The van der Waals surface area contributed by atoms with Gasteiger partial charge in [-0.15, -0.1) is 11.3 Å². The minimum atomic E-state index is -0.426. The molecule has 0 amide bonds. The maximum Gasteiger partial charge on any atom is 0.348 e. The monoisotopic (exact) mass is 398 g/mol. The van der Waals surface area contributed by atoms with Gasteiger partial charge in [-0.3, -0.25) is 4.79 Å².